The third kappa shape index (κ3) is 1.78. The highest BCUT2D eigenvalue weighted by Crippen LogP contribution is 2.49. The SMILES string of the molecule is CC1(C)CC(=O)c2cc3c(cc21)C(C)(C)CCC3(C)C. The minimum atomic E-state index is -0.000876. The Kier molecular flexibility index (Phi) is 2.60. The number of benzene rings is 1. The fourth-order valence-electron chi connectivity index (χ4n) is 4.00. The van der Waals surface area contributed by atoms with Gasteiger partial charge in [0, 0.05) is 12.0 Å². The summed E-state index contributed by atoms with van der Waals surface area (Å²) in [6.45, 7) is 13.7. The van der Waals surface area contributed by atoms with Crippen molar-refractivity contribution >= 4 is 5.78 Å². The Bertz CT molecular complexity index is 602. The molecular formula is C19H26O. The van der Waals surface area contributed by atoms with Crippen LogP contribution in [0.5, 0.6) is 0 Å². The van der Waals surface area contributed by atoms with Gasteiger partial charge >= 0.3 is 0 Å². The molecule has 2 aliphatic carbocycles. The van der Waals surface area contributed by atoms with Gasteiger partial charge in [-0.1, -0.05) is 47.6 Å². The second-order valence-electron chi connectivity index (χ2n) is 8.69. The number of hydrogen-bond acceptors (Lipinski definition) is 1. The van der Waals surface area contributed by atoms with E-state index in [1.807, 2.05) is 0 Å². The van der Waals surface area contributed by atoms with Gasteiger partial charge in [-0.3, -0.25) is 4.79 Å². The molecule has 1 heteroatoms. The van der Waals surface area contributed by atoms with Crippen LogP contribution in [0.15, 0.2) is 12.1 Å². The summed E-state index contributed by atoms with van der Waals surface area (Å²) in [4.78, 5) is 12.3. The maximum atomic E-state index is 12.3. The zero-order valence-electron chi connectivity index (χ0n) is 13.7. The molecule has 0 saturated carbocycles. The number of hydrogen-bond donors (Lipinski definition) is 0. The molecule has 0 fully saturated rings. The normalized spacial score (nSPS) is 25.2. The van der Waals surface area contributed by atoms with Crippen molar-refractivity contribution in [1.29, 1.82) is 0 Å². The number of carbonyl (C=O) groups excluding carboxylic acids is 1. The van der Waals surface area contributed by atoms with Gasteiger partial charge in [0.25, 0.3) is 0 Å². The molecule has 0 spiro atoms. The predicted molar refractivity (Wildman–Crippen MR) is 83.7 cm³/mol. The van der Waals surface area contributed by atoms with E-state index in [0.29, 0.717) is 12.2 Å². The van der Waals surface area contributed by atoms with Gasteiger partial charge in [-0.15, -0.1) is 0 Å². The standard InChI is InChI=1S/C19H26O/c1-17(2)7-8-18(3,4)15-10-13-12(9-14(15)17)16(20)11-19(13,5)6/h9-10H,7-8,11H2,1-6H3. The summed E-state index contributed by atoms with van der Waals surface area (Å²) in [6.07, 6.45) is 3.08. The Morgan fingerprint density at radius 1 is 0.750 bits per heavy atom. The first-order valence-electron chi connectivity index (χ1n) is 7.77. The van der Waals surface area contributed by atoms with Gasteiger partial charge in [-0.25, -0.2) is 0 Å². The highest BCUT2D eigenvalue weighted by molar-refractivity contribution is 6.02. The van der Waals surface area contributed by atoms with Crippen molar-refractivity contribution in [2.45, 2.75) is 77.0 Å². The highest BCUT2D eigenvalue weighted by Gasteiger charge is 2.42. The molecule has 0 saturated heterocycles. The van der Waals surface area contributed by atoms with Gasteiger partial charge in [0.2, 0.25) is 0 Å². The Morgan fingerprint density at radius 3 is 1.80 bits per heavy atom. The molecule has 0 aromatic heterocycles. The molecule has 1 nitrogen and oxygen atoms in total. The molecule has 3 rings (SSSR count). The van der Waals surface area contributed by atoms with Crippen LogP contribution in [0.4, 0.5) is 0 Å². The zero-order chi connectivity index (χ0) is 14.9. The summed E-state index contributed by atoms with van der Waals surface area (Å²) in [5.41, 5.74) is 5.54. The van der Waals surface area contributed by atoms with Gasteiger partial charge in [0.1, 0.15) is 0 Å². The lowest BCUT2D eigenvalue weighted by Crippen LogP contribution is -2.34. The van der Waals surface area contributed by atoms with Crippen LogP contribution in [0, 0.1) is 0 Å². The number of carbonyl (C=O) groups is 1. The molecule has 1 aromatic rings. The minimum Gasteiger partial charge on any atom is -0.294 e. The predicted octanol–water partition coefficient (Wildman–Crippen LogP) is 4.90. The summed E-state index contributed by atoms with van der Waals surface area (Å²) in [5.74, 6) is 0.326. The summed E-state index contributed by atoms with van der Waals surface area (Å²) < 4.78 is 0. The molecule has 1 aromatic carbocycles. The van der Waals surface area contributed by atoms with Crippen LogP contribution in [0.3, 0.4) is 0 Å². The average Bonchev–Trinajstić information content (AvgIpc) is 2.55. The van der Waals surface area contributed by atoms with E-state index in [-0.39, 0.29) is 16.2 Å². The fraction of sp³-hybridized carbons (Fsp3) is 0.632. The Balaban J connectivity index is 2.31. The minimum absolute atomic E-state index is 0.000876. The lowest BCUT2D eigenvalue weighted by atomic mass is 9.62. The third-order valence-electron chi connectivity index (χ3n) is 5.62. The van der Waals surface area contributed by atoms with E-state index in [4.69, 9.17) is 0 Å². The van der Waals surface area contributed by atoms with Crippen molar-refractivity contribution in [1.82, 2.24) is 0 Å². The van der Waals surface area contributed by atoms with Crippen LogP contribution < -0.4 is 0 Å². The first-order valence-corrected chi connectivity index (χ1v) is 7.77. The average molecular weight is 270 g/mol. The molecule has 0 amide bonds. The van der Waals surface area contributed by atoms with Crippen LogP contribution in [0.2, 0.25) is 0 Å². The molecular weight excluding hydrogens is 244 g/mol. The second-order valence-corrected chi connectivity index (χ2v) is 8.69. The quantitative estimate of drug-likeness (QED) is 0.655. The Hall–Kier alpha value is -1.11. The van der Waals surface area contributed by atoms with Crippen molar-refractivity contribution < 1.29 is 4.79 Å². The monoisotopic (exact) mass is 270 g/mol. The van der Waals surface area contributed by atoms with E-state index in [0.717, 1.165) is 5.56 Å². The molecule has 0 bridgehead atoms. The molecule has 20 heavy (non-hydrogen) atoms. The van der Waals surface area contributed by atoms with E-state index in [1.54, 1.807) is 0 Å². The van der Waals surface area contributed by atoms with Crippen molar-refractivity contribution in [3.05, 3.63) is 34.4 Å². The first-order chi connectivity index (χ1) is 9.05. The second kappa shape index (κ2) is 3.75. The van der Waals surface area contributed by atoms with E-state index >= 15 is 0 Å². The fourth-order valence-corrected chi connectivity index (χ4v) is 4.00. The highest BCUT2D eigenvalue weighted by atomic mass is 16.1. The molecule has 2 aliphatic rings. The van der Waals surface area contributed by atoms with E-state index in [9.17, 15) is 4.79 Å². The maximum Gasteiger partial charge on any atom is 0.164 e. The largest absolute Gasteiger partial charge is 0.294 e. The van der Waals surface area contributed by atoms with Gasteiger partial charge in [-0.2, -0.15) is 0 Å². The van der Waals surface area contributed by atoms with E-state index < -0.39 is 0 Å². The zero-order valence-corrected chi connectivity index (χ0v) is 13.7. The van der Waals surface area contributed by atoms with Gasteiger partial charge in [-0.05, 0) is 51.8 Å². The molecule has 0 atom stereocenters. The number of rotatable bonds is 0. The lowest BCUT2D eigenvalue weighted by Gasteiger charge is -2.42. The molecule has 0 heterocycles. The van der Waals surface area contributed by atoms with Crippen LogP contribution >= 0.6 is 0 Å². The van der Waals surface area contributed by atoms with E-state index in [2.05, 4.69) is 53.7 Å². The van der Waals surface area contributed by atoms with Crippen molar-refractivity contribution in [2.24, 2.45) is 0 Å². The smallest absolute Gasteiger partial charge is 0.164 e. The van der Waals surface area contributed by atoms with Crippen LogP contribution in [0.1, 0.15) is 87.9 Å². The number of ketones is 1. The van der Waals surface area contributed by atoms with Crippen molar-refractivity contribution in [3.63, 3.8) is 0 Å². The third-order valence-corrected chi connectivity index (χ3v) is 5.62. The number of Topliss-reactive ketones (excluding diaryl/α,β-unsaturated/α-hetero) is 1. The summed E-state index contributed by atoms with van der Waals surface area (Å²) in [6, 6.07) is 4.58. The topological polar surface area (TPSA) is 17.1 Å². The summed E-state index contributed by atoms with van der Waals surface area (Å²) in [5, 5.41) is 0. The lowest BCUT2D eigenvalue weighted by molar-refractivity contribution is 0.0979. The molecule has 0 radical (unpaired) electrons. The molecule has 0 aliphatic heterocycles. The Morgan fingerprint density at radius 2 is 1.25 bits per heavy atom. The van der Waals surface area contributed by atoms with Gasteiger partial charge in [0.05, 0.1) is 0 Å². The van der Waals surface area contributed by atoms with Crippen molar-refractivity contribution in [3.8, 4) is 0 Å². The molecule has 0 unspecified atom stereocenters. The van der Waals surface area contributed by atoms with E-state index in [1.165, 1.54) is 29.5 Å². The first kappa shape index (κ1) is 13.9. The summed E-state index contributed by atoms with van der Waals surface area (Å²) >= 11 is 0. The van der Waals surface area contributed by atoms with Crippen LogP contribution in [-0.4, -0.2) is 5.78 Å². The Labute approximate surface area is 122 Å². The van der Waals surface area contributed by atoms with Gasteiger partial charge < -0.3 is 0 Å². The maximum absolute atomic E-state index is 12.3. The van der Waals surface area contributed by atoms with Gasteiger partial charge in [0.15, 0.2) is 5.78 Å². The molecule has 108 valence electrons. The summed E-state index contributed by atoms with van der Waals surface area (Å²) in [7, 11) is 0. The van der Waals surface area contributed by atoms with Crippen molar-refractivity contribution in [2.75, 3.05) is 0 Å². The van der Waals surface area contributed by atoms with Crippen LogP contribution in [0.25, 0.3) is 0 Å². The van der Waals surface area contributed by atoms with Crippen LogP contribution in [-0.2, 0) is 16.2 Å². The number of fused-ring (bicyclic) bond motifs is 2. The molecule has 0 N–H and O–H groups in total.